The molecule has 0 spiro atoms. The summed E-state index contributed by atoms with van der Waals surface area (Å²) in [4.78, 5) is 3.90. The maximum Gasteiger partial charge on any atom is 0.261 e. The first-order valence-corrected chi connectivity index (χ1v) is 8.19. The third-order valence-corrected chi connectivity index (χ3v) is 3.90. The van der Waals surface area contributed by atoms with Crippen molar-refractivity contribution in [3.63, 3.8) is 0 Å². The smallest absolute Gasteiger partial charge is 0.261 e. The van der Waals surface area contributed by atoms with Crippen LogP contribution in [0.4, 0.5) is 0 Å². The normalized spacial score (nSPS) is 10.8. The Kier molecular flexibility index (Phi) is 5.40. The molecular formula is C12H13Cl2NO3S. The highest BCUT2D eigenvalue weighted by Gasteiger charge is 2.18. The van der Waals surface area contributed by atoms with Gasteiger partial charge < -0.3 is 4.74 Å². The van der Waals surface area contributed by atoms with Crippen LogP contribution in [0.1, 0.15) is 13.8 Å². The number of hydrogen-bond donors (Lipinski definition) is 0. The van der Waals surface area contributed by atoms with Crippen molar-refractivity contribution in [3.8, 4) is 5.88 Å². The second kappa shape index (κ2) is 6.41. The lowest BCUT2D eigenvalue weighted by molar-refractivity contribution is 0.403. The second-order valence-corrected chi connectivity index (χ2v) is 6.17. The van der Waals surface area contributed by atoms with Crippen LogP contribution in [0.3, 0.4) is 0 Å². The Morgan fingerprint density at radius 1 is 1.26 bits per heavy atom. The van der Waals surface area contributed by atoms with Gasteiger partial charge in [-0.3, -0.25) is 0 Å². The average Bonchev–Trinajstić information content (AvgIpc) is 2.40. The van der Waals surface area contributed by atoms with E-state index in [-0.39, 0.29) is 9.92 Å². The van der Waals surface area contributed by atoms with Gasteiger partial charge >= 0.3 is 0 Å². The van der Waals surface area contributed by atoms with Gasteiger partial charge in [-0.1, -0.05) is 31.5 Å². The van der Waals surface area contributed by atoms with Crippen LogP contribution in [0.2, 0.25) is 5.02 Å². The Morgan fingerprint density at radius 2 is 1.89 bits per heavy atom. The van der Waals surface area contributed by atoms with Gasteiger partial charge in [0, 0.05) is 21.5 Å². The molecule has 19 heavy (non-hydrogen) atoms. The molecule has 1 aromatic carbocycles. The molecule has 0 atom stereocenters. The van der Waals surface area contributed by atoms with Crippen molar-refractivity contribution in [2.75, 3.05) is 7.11 Å². The number of aromatic nitrogens is 1. The Bertz CT molecular complexity index is 687. The molecule has 0 N–H and O–H groups in total. The summed E-state index contributed by atoms with van der Waals surface area (Å²) in [5.74, 6) is 0.298. The van der Waals surface area contributed by atoms with Gasteiger partial charge in [-0.05, 0) is 12.1 Å². The van der Waals surface area contributed by atoms with Crippen LogP contribution in [-0.2, 0) is 9.05 Å². The molecule has 104 valence electrons. The third kappa shape index (κ3) is 3.29. The standard InChI is InChI=1S/C10H7Cl2NO3S.C2H6/c1-16-10-6-3-2-4-8(17(12,14)15)9(6)7(11)5-13-10;1-2/h2-5H,1H3;1-2H3. The maximum absolute atomic E-state index is 11.4. The first kappa shape index (κ1) is 16.0. The molecule has 0 amide bonds. The van der Waals surface area contributed by atoms with E-state index in [0.29, 0.717) is 16.7 Å². The molecule has 0 aliphatic carbocycles. The molecule has 0 aliphatic heterocycles. The topological polar surface area (TPSA) is 56.3 Å². The Balaban J connectivity index is 0.000000861. The van der Waals surface area contributed by atoms with Gasteiger partial charge in [0.2, 0.25) is 5.88 Å². The molecule has 2 aromatic rings. The molecule has 0 fully saturated rings. The fourth-order valence-electron chi connectivity index (χ4n) is 1.57. The number of fused-ring (bicyclic) bond motifs is 1. The molecule has 4 nitrogen and oxygen atoms in total. The fourth-order valence-corrected chi connectivity index (χ4v) is 2.97. The Labute approximate surface area is 121 Å². The van der Waals surface area contributed by atoms with Crippen molar-refractivity contribution in [1.29, 1.82) is 0 Å². The highest BCUT2D eigenvalue weighted by molar-refractivity contribution is 8.14. The molecule has 1 heterocycles. The van der Waals surface area contributed by atoms with Crippen LogP contribution in [0, 0.1) is 0 Å². The van der Waals surface area contributed by atoms with Gasteiger partial charge in [0.15, 0.2) is 0 Å². The average molecular weight is 322 g/mol. The predicted molar refractivity (Wildman–Crippen MR) is 77.7 cm³/mol. The molecule has 0 saturated heterocycles. The van der Waals surface area contributed by atoms with E-state index >= 15 is 0 Å². The van der Waals surface area contributed by atoms with Crippen molar-refractivity contribution in [1.82, 2.24) is 4.98 Å². The molecule has 0 bridgehead atoms. The van der Waals surface area contributed by atoms with Gasteiger partial charge in [-0.15, -0.1) is 0 Å². The lowest BCUT2D eigenvalue weighted by Crippen LogP contribution is -1.96. The van der Waals surface area contributed by atoms with E-state index in [1.165, 1.54) is 19.4 Å². The van der Waals surface area contributed by atoms with Crippen molar-refractivity contribution < 1.29 is 13.2 Å². The van der Waals surface area contributed by atoms with Crippen molar-refractivity contribution >= 4 is 42.1 Å². The largest absolute Gasteiger partial charge is 0.481 e. The summed E-state index contributed by atoms with van der Waals surface area (Å²) in [6.07, 6.45) is 1.33. The zero-order valence-corrected chi connectivity index (χ0v) is 13.0. The van der Waals surface area contributed by atoms with Crippen LogP contribution < -0.4 is 4.74 Å². The summed E-state index contributed by atoms with van der Waals surface area (Å²) in [5, 5.41) is 1.03. The van der Waals surface area contributed by atoms with Crippen LogP contribution in [0.15, 0.2) is 29.3 Å². The van der Waals surface area contributed by atoms with Gasteiger partial charge in [0.1, 0.15) is 0 Å². The Morgan fingerprint density at radius 3 is 2.42 bits per heavy atom. The zero-order valence-electron chi connectivity index (χ0n) is 10.6. The van der Waals surface area contributed by atoms with E-state index in [0.717, 1.165) is 0 Å². The summed E-state index contributed by atoms with van der Waals surface area (Å²) < 4.78 is 27.9. The predicted octanol–water partition coefficient (Wildman–Crippen LogP) is 3.85. The minimum Gasteiger partial charge on any atom is -0.481 e. The molecule has 0 saturated carbocycles. The molecule has 0 radical (unpaired) electrons. The van der Waals surface area contributed by atoms with Crippen molar-refractivity contribution in [2.24, 2.45) is 0 Å². The number of pyridine rings is 1. The number of halogens is 2. The number of benzene rings is 1. The van der Waals surface area contributed by atoms with E-state index in [1.54, 1.807) is 12.1 Å². The molecule has 7 heteroatoms. The summed E-state index contributed by atoms with van der Waals surface area (Å²) in [7, 11) is 2.93. The minimum atomic E-state index is -3.87. The zero-order chi connectivity index (χ0) is 14.6. The van der Waals surface area contributed by atoms with E-state index in [1.807, 2.05) is 13.8 Å². The summed E-state index contributed by atoms with van der Waals surface area (Å²) in [6.45, 7) is 4.00. The number of rotatable bonds is 2. The minimum absolute atomic E-state index is 0.0534. The molecule has 1 aromatic heterocycles. The van der Waals surface area contributed by atoms with E-state index in [4.69, 9.17) is 27.0 Å². The Hall–Kier alpha value is -1.04. The van der Waals surface area contributed by atoms with Gasteiger partial charge in [-0.2, -0.15) is 0 Å². The first-order valence-electron chi connectivity index (χ1n) is 5.51. The number of hydrogen-bond acceptors (Lipinski definition) is 4. The fraction of sp³-hybridized carbons (Fsp3) is 0.250. The monoisotopic (exact) mass is 321 g/mol. The quantitative estimate of drug-likeness (QED) is 0.788. The summed E-state index contributed by atoms with van der Waals surface area (Å²) >= 11 is 5.96. The maximum atomic E-state index is 11.4. The van der Waals surface area contributed by atoms with Gasteiger partial charge in [-0.25, -0.2) is 13.4 Å². The highest BCUT2D eigenvalue weighted by Crippen LogP contribution is 2.35. The van der Waals surface area contributed by atoms with Crippen molar-refractivity contribution in [2.45, 2.75) is 18.7 Å². The lowest BCUT2D eigenvalue weighted by Gasteiger charge is -2.08. The van der Waals surface area contributed by atoms with Crippen molar-refractivity contribution in [3.05, 3.63) is 29.4 Å². The summed E-state index contributed by atoms with van der Waals surface area (Å²) in [6, 6.07) is 4.60. The van der Waals surface area contributed by atoms with Crippen LogP contribution in [0.5, 0.6) is 5.88 Å². The first-order chi connectivity index (χ1) is 8.95. The highest BCUT2D eigenvalue weighted by atomic mass is 35.7. The van der Waals surface area contributed by atoms with Gasteiger partial charge in [0.25, 0.3) is 9.05 Å². The lowest BCUT2D eigenvalue weighted by atomic mass is 10.2. The van der Waals surface area contributed by atoms with Crippen LogP contribution >= 0.6 is 22.3 Å². The number of methoxy groups -OCH3 is 1. The third-order valence-electron chi connectivity index (χ3n) is 2.25. The van der Waals surface area contributed by atoms with E-state index in [9.17, 15) is 8.42 Å². The van der Waals surface area contributed by atoms with Crippen LogP contribution in [0.25, 0.3) is 10.8 Å². The van der Waals surface area contributed by atoms with Crippen LogP contribution in [-0.4, -0.2) is 20.5 Å². The SMILES string of the molecule is CC.COc1ncc(Cl)c2c(S(=O)(=O)Cl)cccc12. The summed E-state index contributed by atoms with van der Waals surface area (Å²) in [5.41, 5.74) is 0. The van der Waals surface area contributed by atoms with E-state index in [2.05, 4.69) is 4.98 Å². The molecule has 0 aliphatic rings. The second-order valence-electron chi connectivity index (χ2n) is 3.23. The number of nitrogens with zero attached hydrogens (tertiary/aromatic N) is 1. The number of ether oxygens (including phenoxy) is 1. The van der Waals surface area contributed by atoms with Gasteiger partial charge in [0.05, 0.1) is 23.2 Å². The molecule has 2 rings (SSSR count). The molecule has 0 unspecified atom stereocenters. The molecular weight excluding hydrogens is 309 g/mol. The van der Waals surface area contributed by atoms with E-state index < -0.39 is 9.05 Å².